The van der Waals surface area contributed by atoms with Gasteiger partial charge in [0.25, 0.3) is 0 Å². The van der Waals surface area contributed by atoms with Crippen LogP contribution in [0.1, 0.15) is 12.0 Å². The summed E-state index contributed by atoms with van der Waals surface area (Å²) in [5, 5.41) is 8.54. The van der Waals surface area contributed by atoms with Crippen molar-refractivity contribution in [2.75, 3.05) is 6.61 Å². The standard InChI is InChI=1S/C12H14O3/c1-2-8-15-11-5-3-4-10(9-11)6-7-12(13)14/h2-5,9H,1,6-8H2,(H,13,14). The zero-order valence-corrected chi connectivity index (χ0v) is 8.48. The maximum atomic E-state index is 10.4. The van der Waals surface area contributed by atoms with E-state index in [9.17, 15) is 4.79 Å². The van der Waals surface area contributed by atoms with E-state index in [1.807, 2.05) is 24.3 Å². The molecule has 0 saturated carbocycles. The van der Waals surface area contributed by atoms with E-state index in [1.54, 1.807) is 6.08 Å². The number of hydrogen-bond acceptors (Lipinski definition) is 2. The Morgan fingerprint density at radius 2 is 2.33 bits per heavy atom. The molecule has 0 radical (unpaired) electrons. The van der Waals surface area contributed by atoms with Crippen molar-refractivity contribution in [3.05, 3.63) is 42.5 Å². The molecule has 0 unspecified atom stereocenters. The van der Waals surface area contributed by atoms with Crippen LogP contribution in [0, 0.1) is 0 Å². The minimum Gasteiger partial charge on any atom is -0.490 e. The molecule has 0 fully saturated rings. The molecule has 1 aromatic rings. The first-order chi connectivity index (χ1) is 7.22. The SMILES string of the molecule is C=CCOc1cccc(CCC(=O)O)c1. The van der Waals surface area contributed by atoms with E-state index in [1.165, 1.54) is 0 Å². The fourth-order valence-corrected chi connectivity index (χ4v) is 1.20. The highest BCUT2D eigenvalue weighted by Crippen LogP contribution is 2.14. The summed E-state index contributed by atoms with van der Waals surface area (Å²) in [6.45, 7) is 4.02. The van der Waals surface area contributed by atoms with Crippen LogP contribution in [0.15, 0.2) is 36.9 Å². The summed E-state index contributed by atoms with van der Waals surface area (Å²) in [6, 6.07) is 7.44. The number of carboxylic acid groups (broad SMARTS) is 1. The Labute approximate surface area is 89.0 Å². The van der Waals surface area contributed by atoms with Crippen LogP contribution in [0.2, 0.25) is 0 Å². The molecule has 0 aliphatic rings. The lowest BCUT2D eigenvalue weighted by molar-refractivity contribution is -0.136. The molecular formula is C12H14O3. The zero-order chi connectivity index (χ0) is 11.1. The molecule has 80 valence electrons. The zero-order valence-electron chi connectivity index (χ0n) is 8.48. The minimum absolute atomic E-state index is 0.144. The highest BCUT2D eigenvalue weighted by Gasteiger charge is 2.00. The van der Waals surface area contributed by atoms with Crippen molar-refractivity contribution in [2.45, 2.75) is 12.8 Å². The van der Waals surface area contributed by atoms with Crippen LogP contribution in [0.25, 0.3) is 0 Å². The molecule has 0 heterocycles. The van der Waals surface area contributed by atoms with Gasteiger partial charge in [-0.15, -0.1) is 0 Å². The molecular weight excluding hydrogens is 192 g/mol. The molecule has 0 spiro atoms. The van der Waals surface area contributed by atoms with Crippen LogP contribution in [-0.2, 0) is 11.2 Å². The second-order valence-electron chi connectivity index (χ2n) is 3.14. The van der Waals surface area contributed by atoms with Gasteiger partial charge in [0, 0.05) is 6.42 Å². The number of carboxylic acids is 1. The first kappa shape index (κ1) is 11.3. The molecule has 1 aromatic carbocycles. The number of aryl methyl sites for hydroxylation is 1. The van der Waals surface area contributed by atoms with Gasteiger partial charge in [-0.3, -0.25) is 4.79 Å². The van der Waals surface area contributed by atoms with E-state index in [2.05, 4.69) is 6.58 Å². The first-order valence-corrected chi connectivity index (χ1v) is 4.77. The molecule has 0 atom stereocenters. The summed E-state index contributed by atoms with van der Waals surface area (Å²) in [5.41, 5.74) is 0.971. The second kappa shape index (κ2) is 5.86. The molecule has 3 heteroatoms. The lowest BCUT2D eigenvalue weighted by Gasteiger charge is -2.05. The fourth-order valence-electron chi connectivity index (χ4n) is 1.20. The van der Waals surface area contributed by atoms with Crippen LogP contribution in [0.5, 0.6) is 5.75 Å². The van der Waals surface area contributed by atoms with Crippen molar-refractivity contribution < 1.29 is 14.6 Å². The third kappa shape index (κ3) is 4.31. The van der Waals surface area contributed by atoms with Crippen molar-refractivity contribution in [1.29, 1.82) is 0 Å². The third-order valence-corrected chi connectivity index (χ3v) is 1.89. The maximum absolute atomic E-state index is 10.4. The number of aliphatic carboxylic acids is 1. The minimum atomic E-state index is -0.785. The van der Waals surface area contributed by atoms with Crippen molar-refractivity contribution in [2.24, 2.45) is 0 Å². The van der Waals surface area contributed by atoms with E-state index in [0.717, 1.165) is 11.3 Å². The molecule has 3 nitrogen and oxygen atoms in total. The number of rotatable bonds is 6. The van der Waals surface area contributed by atoms with Gasteiger partial charge in [-0.1, -0.05) is 24.8 Å². The number of hydrogen-bond donors (Lipinski definition) is 1. The summed E-state index contributed by atoms with van der Waals surface area (Å²) in [4.78, 5) is 10.4. The molecule has 0 saturated heterocycles. The van der Waals surface area contributed by atoms with Crippen molar-refractivity contribution >= 4 is 5.97 Å². The monoisotopic (exact) mass is 206 g/mol. The van der Waals surface area contributed by atoms with E-state index < -0.39 is 5.97 Å². The molecule has 15 heavy (non-hydrogen) atoms. The lowest BCUT2D eigenvalue weighted by atomic mass is 10.1. The predicted octanol–water partition coefficient (Wildman–Crippen LogP) is 2.27. The molecule has 1 rings (SSSR count). The third-order valence-electron chi connectivity index (χ3n) is 1.89. The lowest BCUT2D eigenvalue weighted by Crippen LogP contribution is -1.98. The molecule has 0 amide bonds. The summed E-state index contributed by atoms with van der Waals surface area (Å²) >= 11 is 0. The Morgan fingerprint density at radius 3 is 3.00 bits per heavy atom. The van der Waals surface area contributed by atoms with E-state index in [4.69, 9.17) is 9.84 Å². The van der Waals surface area contributed by atoms with Crippen molar-refractivity contribution in [1.82, 2.24) is 0 Å². The summed E-state index contributed by atoms with van der Waals surface area (Å²) in [7, 11) is 0. The van der Waals surface area contributed by atoms with Gasteiger partial charge in [-0.25, -0.2) is 0 Å². The van der Waals surface area contributed by atoms with Gasteiger partial charge in [0.1, 0.15) is 12.4 Å². The quantitative estimate of drug-likeness (QED) is 0.726. The Hall–Kier alpha value is -1.77. The summed E-state index contributed by atoms with van der Waals surface area (Å²) < 4.78 is 5.34. The van der Waals surface area contributed by atoms with Crippen LogP contribution in [0.3, 0.4) is 0 Å². The number of benzene rings is 1. The Bertz CT molecular complexity index is 344. The fraction of sp³-hybridized carbons (Fsp3) is 0.250. The molecule has 0 bridgehead atoms. The molecule has 1 N–H and O–H groups in total. The van der Waals surface area contributed by atoms with E-state index >= 15 is 0 Å². The van der Waals surface area contributed by atoms with E-state index in [-0.39, 0.29) is 6.42 Å². The average molecular weight is 206 g/mol. The topological polar surface area (TPSA) is 46.5 Å². The van der Waals surface area contributed by atoms with Crippen molar-refractivity contribution in [3.8, 4) is 5.75 Å². The molecule has 0 aromatic heterocycles. The maximum Gasteiger partial charge on any atom is 0.303 e. The normalized spacial score (nSPS) is 9.60. The first-order valence-electron chi connectivity index (χ1n) is 4.77. The van der Waals surface area contributed by atoms with Gasteiger partial charge >= 0.3 is 5.97 Å². The van der Waals surface area contributed by atoms with Gasteiger partial charge < -0.3 is 9.84 Å². The summed E-state index contributed by atoms with van der Waals surface area (Å²) in [6.07, 6.45) is 2.34. The average Bonchev–Trinajstić information content (AvgIpc) is 2.24. The van der Waals surface area contributed by atoms with Gasteiger partial charge in [0.15, 0.2) is 0 Å². The Kier molecular flexibility index (Phi) is 4.41. The Morgan fingerprint density at radius 1 is 1.53 bits per heavy atom. The van der Waals surface area contributed by atoms with Crippen LogP contribution in [0.4, 0.5) is 0 Å². The van der Waals surface area contributed by atoms with E-state index in [0.29, 0.717) is 13.0 Å². The van der Waals surface area contributed by atoms with Crippen LogP contribution < -0.4 is 4.74 Å². The second-order valence-corrected chi connectivity index (χ2v) is 3.14. The van der Waals surface area contributed by atoms with Crippen LogP contribution >= 0.6 is 0 Å². The molecule has 0 aliphatic heterocycles. The summed E-state index contributed by atoms with van der Waals surface area (Å²) in [5.74, 6) is -0.0369. The van der Waals surface area contributed by atoms with Gasteiger partial charge in [0.2, 0.25) is 0 Å². The predicted molar refractivity (Wildman–Crippen MR) is 58.1 cm³/mol. The van der Waals surface area contributed by atoms with Gasteiger partial charge in [-0.05, 0) is 24.1 Å². The Balaban J connectivity index is 2.57. The van der Waals surface area contributed by atoms with Crippen LogP contribution in [-0.4, -0.2) is 17.7 Å². The number of carbonyl (C=O) groups is 1. The van der Waals surface area contributed by atoms with Crippen molar-refractivity contribution in [3.63, 3.8) is 0 Å². The van der Waals surface area contributed by atoms with Gasteiger partial charge in [0.05, 0.1) is 0 Å². The number of ether oxygens (including phenoxy) is 1. The molecule has 0 aliphatic carbocycles. The largest absolute Gasteiger partial charge is 0.490 e. The highest BCUT2D eigenvalue weighted by molar-refractivity contribution is 5.67. The highest BCUT2D eigenvalue weighted by atomic mass is 16.5. The van der Waals surface area contributed by atoms with Gasteiger partial charge in [-0.2, -0.15) is 0 Å². The smallest absolute Gasteiger partial charge is 0.303 e.